The molecule has 0 aromatic carbocycles. The minimum Gasteiger partial charge on any atom is -0.481 e. The minimum absolute atomic E-state index is 0.0718. The van der Waals surface area contributed by atoms with E-state index in [1.807, 2.05) is 0 Å². The third kappa shape index (κ3) is 74.5. The Bertz CT molecular complexity index is 312. The van der Waals surface area contributed by atoms with Gasteiger partial charge in [0.05, 0.1) is 0 Å². The molecule has 124 valence electrons. The van der Waals surface area contributed by atoms with Gasteiger partial charge in [-0.25, -0.2) is 4.79 Å². The molecule has 0 aromatic heterocycles. The van der Waals surface area contributed by atoms with Gasteiger partial charge in [-0.1, -0.05) is 6.08 Å². The lowest BCUT2D eigenvalue weighted by Crippen LogP contribution is -2.55. The van der Waals surface area contributed by atoms with Crippen molar-refractivity contribution in [1.82, 2.24) is 0 Å². The highest BCUT2D eigenvalue weighted by atomic mass is 16.4. The standard InChI is InChI=1S/C5H10N2O2.3C2H4O2/c1-2-3-5(6,7)4(8)9;3*1-2(3)4/h2H,1,3,6-7H2,(H,8,9);3*1H3,(H,3,4). The number of carbonyl (C=O) groups is 4. The smallest absolute Gasteiger partial charge is 0.338 e. The van der Waals surface area contributed by atoms with Gasteiger partial charge in [-0.2, -0.15) is 0 Å². The summed E-state index contributed by atoms with van der Waals surface area (Å²) < 4.78 is 0. The van der Waals surface area contributed by atoms with E-state index in [0.717, 1.165) is 20.8 Å². The third-order valence-electron chi connectivity index (χ3n) is 0.880. The molecule has 0 aromatic rings. The Morgan fingerprint density at radius 2 is 1.10 bits per heavy atom. The van der Waals surface area contributed by atoms with Gasteiger partial charge in [0.15, 0.2) is 5.66 Å². The van der Waals surface area contributed by atoms with E-state index >= 15 is 0 Å². The molecule has 0 spiro atoms. The van der Waals surface area contributed by atoms with E-state index in [2.05, 4.69) is 6.58 Å². The third-order valence-corrected chi connectivity index (χ3v) is 0.880. The van der Waals surface area contributed by atoms with Crippen molar-refractivity contribution in [2.45, 2.75) is 32.9 Å². The van der Waals surface area contributed by atoms with Crippen molar-refractivity contribution in [3.8, 4) is 0 Å². The second-order valence-corrected chi connectivity index (χ2v) is 3.40. The molecule has 10 nitrogen and oxygen atoms in total. The van der Waals surface area contributed by atoms with Crippen molar-refractivity contribution in [2.24, 2.45) is 11.5 Å². The van der Waals surface area contributed by atoms with Crippen molar-refractivity contribution in [3.05, 3.63) is 12.7 Å². The Kier molecular flexibility index (Phi) is 20.0. The first-order valence-corrected chi connectivity index (χ1v) is 5.21. The van der Waals surface area contributed by atoms with Gasteiger partial charge < -0.3 is 31.9 Å². The van der Waals surface area contributed by atoms with E-state index in [0.29, 0.717) is 0 Å². The SMILES string of the molecule is C=CCC(N)(N)C(=O)O.CC(=O)O.CC(=O)O.CC(=O)O. The summed E-state index contributed by atoms with van der Waals surface area (Å²) in [6, 6.07) is 0. The lowest BCUT2D eigenvalue weighted by molar-refractivity contribution is -0.143. The molecule has 0 bridgehead atoms. The van der Waals surface area contributed by atoms with E-state index in [1.54, 1.807) is 0 Å². The summed E-state index contributed by atoms with van der Waals surface area (Å²) in [7, 11) is 0. The van der Waals surface area contributed by atoms with Crippen LogP contribution in [0.5, 0.6) is 0 Å². The topological polar surface area (TPSA) is 201 Å². The Balaban J connectivity index is -0.000000102. The number of hydrogen-bond acceptors (Lipinski definition) is 6. The fraction of sp³-hybridized carbons (Fsp3) is 0.455. The Morgan fingerprint density at radius 1 is 0.905 bits per heavy atom. The van der Waals surface area contributed by atoms with Gasteiger partial charge in [0.2, 0.25) is 0 Å². The highest BCUT2D eigenvalue weighted by Gasteiger charge is 2.26. The van der Waals surface area contributed by atoms with Crippen LogP contribution < -0.4 is 11.5 Å². The molecule has 0 rings (SSSR count). The first kappa shape index (κ1) is 27.0. The number of hydrogen-bond donors (Lipinski definition) is 6. The van der Waals surface area contributed by atoms with Gasteiger partial charge in [-0.05, 0) is 0 Å². The molecule has 8 N–H and O–H groups in total. The number of rotatable bonds is 3. The van der Waals surface area contributed by atoms with Crippen molar-refractivity contribution in [2.75, 3.05) is 0 Å². The zero-order chi connectivity index (χ0) is 18.2. The summed E-state index contributed by atoms with van der Waals surface area (Å²) in [6.07, 6.45) is 1.44. The molecule has 0 radical (unpaired) electrons. The molecular formula is C11H22N2O8. The fourth-order valence-electron chi connectivity index (χ4n) is 0.326. The quantitative estimate of drug-likeness (QED) is 0.292. The van der Waals surface area contributed by atoms with E-state index in [4.69, 9.17) is 46.3 Å². The predicted octanol–water partition coefficient (Wildman–Crippen LogP) is -0.466. The van der Waals surface area contributed by atoms with E-state index in [1.165, 1.54) is 6.08 Å². The molecule has 0 aliphatic carbocycles. The first-order valence-electron chi connectivity index (χ1n) is 5.21. The van der Waals surface area contributed by atoms with Gasteiger partial charge in [0.25, 0.3) is 17.9 Å². The summed E-state index contributed by atoms with van der Waals surface area (Å²) in [6.45, 7) is 6.55. The minimum atomic E-state index is -1.65. The molecule has 21 heavy (non-hydrogen) atoms. The number of nitrogens with two attached hydrogens (primary N) is 2. The number of carboxylic acids is 4. The van der Waals surface area contributed by atoms with E-state index in [9.17, 15) is 4.79 Å². The van der Waals surface area contributed by atoms with Crippen LogP contribution in [0.3, 0.4) is 0 Å². The van der Waals surface area contributed by atoms with Crippen LogP contribution in [-0.4, -0.2) is 50.0 Å². The van der Waals surface area contributed by atoms with Gasteiger partial charge in [-0.3, -0.25) is 14.4 Å². The maximum atomic E-state index is 10.1. The lowest BCUT2D eigenvalue weighted by Gasteiger charge is -2.15. The molecule has 0 aliphatic rings. The molecule has 0 unspecified atom stereocenters. The molecule has 0 amide bonds. The van der Waals surface area contributed by atoms with Gasteiger partial charge in [-0.15, -0.1) is 6.58 Å². The lowest BCUT2D eigenvalue weighted by atomic mass is 10.1. The average Bonchev–Trinajstić information content (AvgIpc) is 2.13. The first-order chi connectivity index (χ1) is 9.20. The second-order valence-electron chi connectivity index (χ2n) is 3.40. The maximum absolute atomic E-state index is 10.1. The van der Waals surface area contributed by atoms with Crippen molar-refractivity contribution >= 4 is 23.9 Å². The van der Waals surface area contributed by atoms with Crippen LogP contribution in [0.2, 0.25) is 0 Å². The maximum Gasteiger partial charge on any atom is 0.338 e. The molecule has 0 fully saturated rings. The van der Waals surface area contributed by atoms with Gasteiger partial charge >= 0.3 is 5.97 Å². The fourth-order valence-corrected chi connectivity index (χ4v) is 0.326. The van der Waals surface area contributed by atoms with Crippen molar-refractivity contribution < 1.29 is 39.6 Å². The van der Waals surface area contributed by atoms with Crippen molar-refractivity contribution in [3.63, 3.8) is 0 Å². The Labute approximate surface area is 121 Å². The predicted molar refractivity (Wildman–Crippen MR) is 73.5 cm³/mol. The zero-order valence-electron chi connectivity index (χ0n) is 12.1. The van der Waals surface area contributed by atoms with Crippen LogP contribution in [-0.2, 0) is 19.2 Å². The Hall–Kier alpha value is -2.46. The average molecular weight is 310 g/mol. The molecule has 0 atom stereocenters. The van der Waals surface area contributed by atoms with Crippen LogP contribution in [0.25, 0.3) is 0 Å². The van der Waals surface area contributed by atoms with Crippen LogP contribution >= 0.6 is 0 Å². The number of aliphatic carboxylic acids is 4. The molecule has 0 heterocycles. The summed E-state index contributed by atoms with van der Waals surface area (Å²) in [4.78, 5) is 37.1. The molecule has 0 saturated carbocycles. The van der Waals surface area contributed by atoms with E-state index < -0.39 is 29.5 Å². The summed E-state index contributed by atoms with van der Waals surface area (Å²) in [5.41, 5.74) is 8.50. The highest BCUT2D eigenvalue weighted by molar-refractivity contribution is 5.77. The summed E-state index contributed by atoms with van der Waals surface area (Å²) >= 11 is 0. The Morgan fingerprint density at radius 3 is 1.14 bits per heavy atom. The summed E-state index contributed by atoms with van der Waals surface area (Å²) in [5.74, 6) is -3.72. The monoisotopic (exact) mass is 310 g/mol. The van der Waals surface area contributed by atoms with Gasteiger partial charge in [0.1, 0.15) is 0 Å². The molecule has 10 heteroatoms. The second kappa shape index (κ2) is 15.6. The summed E-state index contributed by atoms with van der Waals surface area (Å²) in [5, 5.41) is 30.5. The highest BCUT2D eigenvalue weighted by Crippen LogP contribution is 1.97. The molecule has 0 aliphatic heterocycles. The van der Waals surface area contributed by atoms with Crippen LogP contribution in [0.4, 0.5) is 0 Å². The normalized spacial score (nSPS) is 8.24. The van der Waals surface area contributed by atoms with Crippen LogP contribution in [0.1, 0.15) is 27.2 Å². The zero-order valence-corrected chi connectivity index (χ0v) is 12.1. The van der Waals surface area contributed by atoms with E-state index in [-0.39, 0.29) is 6.42 Å². The number of carboxylic acid groups (broad SMARTS) is 4. The van der Waals surface area contributed by atoms with Crippen molar-refractivity contribution in [1.29, 1.82) is 0 Å². The van der Waals surface area contributed by atoms with Crippen LogP contribution in [0, 0.1) is 0 Å². The van der Waals surface area contributed by atoms with Gasteiger partial charge in [0, 0.05) is 27.2 Å². The largest absolute Gasteiger partial charge is 0.481 e. The van der Waals surface area contributed by atoms with Crippen LogP contribution in [0.15, 0.2) is 12.7 Å². The molecule has 0 saturated heterocycles. The molecular weight excluding hydrogens is 288 g/mol.